The van der Waals surface area contributed by atoms with Gasteiger partial charge in [-0.3, -0.25) is 0 Å². The first-order valence-electron chi connectivity index (χ1n) is 6.71. The van der Waals surface area contributed by atoms with Crippen LogP contribution in [-0.2, 0) is 5.75 Å². The maximum absolute atomic E-state index is 12.0. The molecule has 0 fully saturated rings. The number of ether oxygens (including phenoxy) is 1. The van der Waals surface area contributed by atoms with E-state index in [4.69, 9.17) is 5.73 Å². The van der Waals surface area contributed by atoms with Gasteiger partial charge in [-0.1, -0.05) is 42.1 Å². The highest BCUT2D eigenvalue weighted by atomic mass is 32.2. The Labute approximate surface area is 137 Å². The average Bonchev–Trinajstić information content (AvgIpc) is 2.55. The first kappa shape index (κ1) is 17.0. The lowest BCUT2D eigenvalue weighted by molar-refractivity contribution is -0.0498. The lowest BCUT2D eigenvalue weighted by Crippen LogP contribution is -2.06. The molecule has 120 valence electrons. The molecular formula is C16H15F2N3OS. The molecule has 23 heavy (non-hydrogen) atoms. The van der Waals surface area contributed by atoms with Crippen molar-refractivity contribution in [3.63, 3.8) is 0 Å². The molecule has 4 nitrogen and oxygen atoms in total. The Morgan fingerprint density at radius 3 is 2.48 bits per heavy atom. The van der Waals surface area contributed by atoms with E-state index in [0.717, 1.165) is 5.56 Å². The molecule has 2 aromatic carbocycles. The average molecular weight is 335 g/mol. The molecule has 2 N–H and O–H groups in total. The Bertz CT molecular complexity index is 661. The van der Waals surface area contributed by atoms with E-state index in [0.29, 0.717) is 16.5 Å². The third-order valence-corrected chi connectivity index (χ3v) is 3.55. The lowest BCUT2D eigenvalue weighted by Gasteiger charge is -2.03. The van der Waals surface area contributed by atoms with Crippen LogP contribution in [0.15, 0.2) is 64.8 Å². The Kier molecular flexibility index (Phi) is 6.56. The topological polar surface area (TPSA) is 60.0 Å². The van der Waals surface area contributed by atoms with Crippen LogP contribution >= 0.6 is 11.8 Å². The van der Waals surface area contributed by atoms with E-state index >= 15 is 0 Å². The Balaban J connectivity index is 1.84. The second-order valence-electron chi connectivity index (χ2n) is 4.40. The minimum Gasteiger partial charge on any atom is -0.435 e. The lowest BCUT2D eigenvalue weighted by atomic mass is 10.2. The minimum absolute atomic E-state index is 0.0959. The van der Waals surface area contributed by atoms with Gasteiger partial charge < -0.3 is 10.5 Å². The molecule has 0 aromatic heterocycles. The molecule has 0 aliphatic heterocycles. The van der Waals surface area contributed by atoms with Crippen LogP contribution in [0.4, 0.5) is 8.78 Å². The molecule has 0 spiro atoms. The van der Waals surface area contributed by atoms with E-state index in [1.807, 2.05) is 30.3 Å². The third-order valence-electron chi connectivity index (χ3n) is 2.70. The Morgan fingerprint density at radius 1 is 1.13 bits per heavy atom. The fraction of sp³-hybridized carbons (Fsp3) is 0.125. The van der Waals surface area contributed by atoms with Crippen molar-refractivity contribution in [2.75, 3.05) is 0 Å². The van der Waals surface area contributed by atoms with Gasteiger partial charge in [0.15, 0.2) is 5.17 Å². The molecule has 0 aliphatic rings. The first-order valence-corrected chi connectivity index (χ1v) is 7.70. The van der Waals surface area contributed by atoms with Gasteiger partial charge in [0.2, 0.25) is 0 Å². The smallest absolute Gasteiger partial charge is 0.387 e. The van der Waals surface area contributed by atoms with Crippen LogP contribution in [0.2, 0.25) is 0 Å². The van der Waals surface area contributed by atoms with Gasteiger partial charge >= 0.3 is 6.61 Å². The number of thioether (sulfide) groups is 1. The van der Waals surface area contributed by atoms with Crippen LogP contribution in [0.25, 0.3) is 0 Å². The van der Waals surface area contributed by atoms with E-state index in [9.17, 15) is 8.78 Å². The van der Waals surface area contributed by atoms with Gasteiger partial charge in [0.25, 0.3) is 0 Å². The molecular weight excluding hydrogens is 320 g/mol. The van der Waals surface area contributed by atoms with Gasteiger partial charge in [0.1, 0.15) is 5.75 Å². The van der Waals surface area contributed by atoms with Crippen molar-refractivity contribution in [2.45, 2.75) is 12.4 Å². The number of rotatable bonds is 6. The van der Waals surface area contributed by atoms with Crippen LogP contribution < -0.4 is 10.5 Å². The largest absolute Gasteiger partial charge is 0.435 e. The zero-order chi connectivity index (χ0) is 16.5. The molecule has 0 saturated carbocycles. The van der Waals surface area contributed by atoms with Crippen LogP contribution in [0, 0.1) is 0 Å². The summed E-state index contributed by atoms with van der Waals surface area (Å²) in [5, 5.41) is 8.10. The van der Waals surface area contributed by atoms with Crippen LogP contribution in [-0.4, -0.2) is 18.0 Å². The van der Waals surface area contributed by atoms with Crippen molar-refractivity contribution in [1.82, 2.24) is 0 Å². The standard InChI is InChI=1S/C16H15F2N3OS/c17-15(18)22-14-8-6-12(7-9-14)10-20-21-16(19)23-11-13-4-2-1-3-5-13/h1-10,15H,11H2,(H2,19,21). The quantitative estimate of drug-likeness (QED) is 0.495. The number of benzene rings is 2. The maximum Gasteiger partial charge on any atom is 0.387 e. The second-order valence-corrected chi connectivity index (χ2v) is 5.40. The number of nitrogens with zero attached hydrogens (tertiary/aromatic N) is 2. The number of hydrogen-bond acceptors (Lipinski definition) is 4. The summed E-state index contributed by atoms with van der Waals surface area (Å²) in [6.45, 7) is -2.83. The molecule has 0 saturated heterocycles. The summed E-state index contributed by atoms with van der Waals surface area (Å²) in [7, 11) is 0. The van der Waals surface area contributed by atoms with Crippen molar-refractivity contribution >= 4 is 23.1 Å². The van der Waals surface area contributed by atoms with Gasteiger partial charge in [0, 0.05) is 5.75 Å². The summed E-state index contributed by atoms with van der Waals surface area (Å²) in [6, 6.07) is 16.0. The molecule has 0 bridgehead atoms. The molecule has 0 unspecified atom stereocenters. The SMILES string of the molecule is NC(=NN=Cc1ccc(OC(F)F)cc1)SCc1ccccc1. The predicted molar refractivity (Wildman–Crippen MR) is 90.0 cm³/mol. The van der Waals surface area contributed by atoms with E-state index in [2.05, 4.69) is 14.9 Å². The number of nitrogens with two attached hydrogens (primary N) is 1. The zero-order valence-corrected chi connectivity index (χ0v) is 12.9. The van der Waals surface area contributed by atoms with E-state index < -0.39 is 6.61 Å². The summed E-state index contributed by atoms with van der Waals surface area (Å²) < 4.78 is 28.3. The number of alkyl halides is 2. The molecule has 0 atom stereocenters. The van der Waals surface area contributed by atoms with Crippen molar-refractivity contribution in [1.29, 1.82) is 0 Å². The van der Waals surface area contributed by atoms with Crippen molar-refractivity contribution in [2.24, 2.45) is 15.9 Å². The van der Waals surface area contributed by atoms with Gasteiger partial charge in [-0.15, -0.1) is 5.10 Å². The summed E-state index contributed by atoms with van der Waals surface area (Å²) >= 11 is 1.38. The summed E-state index contributed by atoms with van der Waals surface area (Å²) in [5.74, 6) is 0.810. The Morgan fingerprint density at radius 2 is 1.83 bits per heavy atom. The monoisotopic (exact) mass is 335 g/mol. The molecule has 0 heterocycles. The molecule has 2 aromatic rings. The summed E-state index contributed by atoms with van der Waals surface area (Å²) in [6.07, 6.45) is 1.49. The first-order chi connectivity index (χ1) is 11.1. The van der Waals surface area contributed by atoms with Crippen molar-refractivity contribution in [3.05, 3.63) is 65.7 Å². The highest BCUT2D eigenvalue weighted by Crippen LogP contribution is 2.14. The molecule has 0 amide bonds. The maximum atomic E-state index is 12.0. The number of amidine groups is 1. The summed E-state index contributed by atoms with van der Waals surface area (Å²) in [5.41, 5.74) is 7.61. The second kappa shape index (κ2) is 8.89. The molecule has 0 aliphatic carbocycles. The third kappa shape index (κ3) is 6.48. The van der Waals surface area contributed by atoms with Gasteiger partial charge in [-0.25, -0.2) is 0 Å². The van der Waals surface area contributed by atoms with Crippen LogP contribution in [0.3, 0.4) is 0 Å². The van der Waals surface area contributed by atoms with E-state index in [1.165, 1.54) is 30.1 Å². The van der Waals surface area contributed by atoms with Crippen LogP contribution in [0.5, 0.6) is 5.75 Å². The summed E-state index contributed by atoms with van der Waals surface area (Å²) in [4.78, 5) is 0. The highest BCUT2D eigenvalue weighted by Gasteiger charge is 2.02. The number of hydrogen-bond donors (Lipinski definition) is 1. The minimum atomic E-state index is -2.83. The fourth-order valence-corrected chi connectivity index (χ4v) is 2.26. The number of halogens is 2. The molecule has 2 rings (SSSR count). The van der Waals surface area contributed by atoms with Crippen molar-refractivity contribution in [3.8, 4) is 5.75 Å². The van der Waals surface area contributed by atoms with E-state index in [-0.39, 0.29) is 5.75 Å². The van der Waals surface area contributed by atoms with E-state index in [1.54, 1.807) is 12.1 Å². The van der Waals surface area contributed by atoms with Gasteiger partial charge in [-0.2, -0.15) is 13.9 Å². The van der Waals surface area contributed by atoms with Crippen molar-refractivity contribution < 1.29 is 13.5 Å². The van der Waals surface area contributed by atoms with Crippen LogP contribution in [0.1, 0.15) is 11.1 Å². The fourth-order valence-electron chi connectivity index (χ4n) is 1.65. The molecule has 0 radical (unpaired) electrons. The normalized spacial score (nSPS) is 12.0. The van der Waals surface area contributed by atoms with Gasteiger partial charge in [0.05, 0.1) is 6.21 Å². The highest BCUT2D eigenvalue weighted by molar-refractivity contribution is 8.13. The molecule has 7 heteroatoms. The Hall–Kier alpha value is -2.41. The zero-order valence-electron chi connectivity index (χ0n) is 12.1. The predicted octanol–water partition coefficient (Wildman–Crippen LogP) is 3.87. The van der Waals surface area contributed by atoms with Gasteiger partial charge in [-0.05, 0) is 35.4 Å².